The Bertz CT molecular complexity index is 346. The first-order chi connectivity index (χ1) is 7.47. The predicted molar refractivity (Wildman–Crippen MR) is 65.8 cm³/mol. The van der Waals surface area contributed by atoms with Gasteiger partial charge < -0.3 is 10.0 Å². The van der Waals surface area contributed by atoms with E-state index in [4.69, 9.17) is 5.11 Å². The third-order valence-corrected chi connectivity index (χ3v) is 2.70. The number of anilines is 1. The Morgan fingerprint density at radius 1 is 1.31 bits per heavy atom. The zero-order valence-electron chi connectivity index (χ0n) is 10.1. The van der Waals surface area contributed by atoms with Gasteiger partial charge in [0.25, 0.3) is 0 Å². The van der Waals surface area contributed by atoms with E-state index in [9.17, 15) is 4.79 Å². The summed E-state index contributed by atoms with van der Waals surface area (Å²) in [7, 11) is 0. The van der Waals surface area contributed by atoms with E-state index in [1.54, 1.807) is 0 Å². The maximum atomic E-state index is 10.8. The minimum Gasteiger partial charge on any atom is -0.481 e. The van der Waals surface area contributed by atoms with E-state index < -0.39 is 5.97 Å². The molecule has 1 N–H and O–H groups in total. The molecular weight excluding hydrogens is 202 g/mol. The first-order valence-electron chi connectivity index (χ1n) is 5.52. The van der Waals surface area contributed by atoms with Crippen LogP contribution in [0.15, 0.2) is 30.3 Å². The molecule has 0 fully saturated rings. The van der Waals surface area contributed by atoms with Gasteiger partial charge in [-0.2, -0.15) is 0 Å². The molecule has 1 aromatic carbocycles. The van der Waals surface area contributed by atoms with Gasteiger partial charge >= 0.3 is 5.97 Å². The maximum absolute atomic E-state index is 10.8. The molecule has 0 heterocycles. The van der Waals surface area contributed by atoms with Crippen LogP contribution in [0, 0.1) is 0 Å². The van der Waals surface area contributed by atoms with E-state index in [0.29, 0.717) is 0 Å². The Labute approximate surface area is 96.7 Å². The summed E-state index contributed by atoms with van der Waals surface area (Å²) >= 11 is 0. The van der Waals surface area contributed by atoms with Crippen molar-refractivity contribution in [2.45, 2.75) is 32.7 Å². The molecule has 3 heteroatoms. The topological polar surface area (TPSA) is 40.5 Å². The van der Waals surface area contributed by atoms with Gasteiger partial charge in [-0.3, -0.25) is 4.79 Å². The Kier molecular flexibility index (Phi) is 3.93. The van der Waals surface area contributed by atoms with Crippen LogP contribution in [0.1, 0.15) is 27.2 Å². The lowest BCUT2D eigenvalue weighted by Crippen LogP contribution is -2.45. The number of carboxylic acids is 1. The number of rotatable bonds is 5. The normalized spacial score (nSPS) is 11.2. The number of carbonyl (C=O) groups is 1. The van der Waals surface area contributed by atoms with Gasteiger partial charge in [0, 0.05) is 17.8 Å². The van der Waals surface area contributed by atoms with Crippen LogP contribution in [0.4, 0.5) is 5.69 Å². The number of benzene rings is 1. The smallest absolute Gasteiger partial charge is 0.305 e. The molecule has 0 amide bonds. The highest BCUT2D eigenvalue weighted by molar-refractivity contribution is 5.69. The average molecular weight is 221 g/mol. The van der Waals surface area contributed by atoms with Gasteiger partial charge in [-0.15, -0.1) is 0 Å². The molecule has 16 heavy (non-hydrogen) atoms. The molecule has 0 bridgehead atoms. The van der Waals surface area contributed by atoms with Crippen molar-refractivity contribution in [3.8, 4) is 0 Å². The second kappa shape index (κ2) is 5.01. The first-order valence-corrected chi connectivity index (χ1v) is 5.52. The maximum Gasteiger partial charge on any atom is 0.305 e. The summed E-state index contributed by atoms with van der Waals surface area (Å²) in [4.78, 5) is 13.0. The molecule has 88 valence electrons. The van der Waals surface area contributed by atoms with Crippen LogP contribution in [0.25, 0.3) is 0 Å². The van der Waals surface area contributed by atoms with Gasteiger partial charge in [0.1, 0.15) is 0 Å². The molecule has 0 aliphatic rings. The van der Waals surface area contributed by atoms with Gasteiger partial charge in [0.2, 0.25) is 0 Å². The lowest BCUT2D eigenvalue weighted by atomic mass is 9.97. The van der Waals surface area contributed by atoms with Crippen molar-refractivity contribution >= 4 is 11.7 Å². The van der Waals surface area contributed by atoms with Crippen molar-refractivity contribution in [3.05, 3.63) is 30.3 Å². The van der Waals surface area contributed by atoms with E-state index >= 15 is 0 Å². The minimum atomic E-state index is -0.764. The molecular formula is C13H19NO2. The highest BCUT2D eigenvalue weighted by Crippen LogP contribution is 2.26. The lowest BCUT2D eigenvalue weighted by Gasteiger charge is -2.39. The van der Waals surface area contributed by atoms with E-state index in [1.165, 1.54) is 0 Å². The molecule has 0 aliphatic carbocycles. The summed E-state index contributed by atoms with van der Waals surface area (Å²) in [5.74, 6) is -0.764. The molecule has 1 aromatic rings. The van der Waals surface area contributed by atoms with Crippen LogP contribution in [-0.4, -0.2) is 23.2 Å². The monoisotopic (exact) mass is 221 g/mol. The summed E-state index contributed by atoms with van der Waals surface area (Å²) in [6.45, 7) is 6.75. The van der Waals surface area contributed by atoms with Gasteiger partial charge in [-0.05, 0) is 32.9 Å². The Balaban J connectivity index is 2.94. The summed E-state index contributed by atoms with van der Waals surface area (Å²) in [5, 5.41) is 8.91. The predicted octanol–water partition coefficient (Wildman–Crippen LogP) is 2.77. The molecule has 0 saturated carbocycles. The van der Waals surface area contributed by atoms with Crippen molar-refractivity contribution in [1.29, 1.82) is 0 Å². The van der Waals surface area contributed by atoms with Crippen molar-refractivity contribution in [2.75, 3.05) is 11.4 Å². The summed E-state index contributed by atoms with van der Waals surface area (Å²) in [5.41, 5.74) is 0.693. The highest BCUT2D eigenvalue weighted by Gasteiger charge is 2.28. The fraction of sp³-hybridized carbons (Fsp3) is 0.462. The molecule has 0 atom stereocenters. The number of hydrogen-bond acceptors (Lipinski definition) is 2. The number of carboxylic acid groups (broad SMARTS) is 1. The minimum absolute atomic E-state index is 0.135. The lowest BCUT2D eigenvalue weighted by molar-refractivity contribution is -0.138. The van der Waals surface area contributed by atoms with Crippen molar-refractivity contribution < 1.29 is 9.90 Å². The van der Waals surface area contributed by atoms with Crippen LogP contribution in [0.5, 0.6) is 0 Å². The number of hydrogen-bond donors (Lipinski definition) is 1. The van der Waals surface area contributed by atoms with Crippen LogP contribution < -0.4 is 4.90 Å². The first kappa shape index (κ1) is 12.6. The number of para-hydroxylation sites is 1. The largest absolute Gasteiger partial charge is 0.481 e. The van der Waals surface area contributed by atoms with Crippen LogP contribution in [0.3, 0.4) is 0 Å². The van der Waals surface area contributed by atoms with Crippen molar-refractivity contribution in [3.63, 3.8) is 0 Å². The summed E-state index contributed by atoms with van der Waals surface area (Å²) in [6.07, 6.45) is 0.135. The van der Waals surface area contributed by atoms with E-state index in [-0.39, 0.29) is 12.0 Å². The van der Waals surface area contributed by atoms with Gasteiger partial charge in [-0.1, -0.05) is 18.2 Å². The molecule has 3 nitrogen and oxygen atoms in total. The van der Waals surface area contributed by atoms with Crippen molar-refractivity contribution in [1.82, 2.24) is 0 Å². The number of nitrogens with zero attached hydrogens (tertiary/aromatic N) is 1. The fourth-order valence-corrected chi connectivity index (χ4v) is 2.03. The second-order valence-corrected chi connectivity index (χ2v) is 4.46. The zero-order valence-corrected chi connectivity index (χ0v) is 10.1. The zero-order chi connectivity index (χ0) is 12.2. The Morgan fingerprint density at radius 2 is 1.88 bits per heavy atom. The quantitative estimate of drug-likeness (QED) is 0.831. The van der Waals surface area contributed by atoms with Crippen LogP contribution >= 0.6 is 0 Å². The molecule has 0 radical (unpaired) electrons. The summed E-state index contributed by atoms with van der Waals surface area (Å²) in [6, 6.07) is 9.91. The van der Waals surface area contributed by atoms with Gasteiger partial charge in [0.15, 0.2) is 0 Å². The van der Waals surface area contributed by atoms with E-state index in [2.05, 4.69) is 4.90 Å². The summed E-state index contributed by atoms with van der Waals surface area (Å²) < 4.78 is 0. The van der Waals surface area contributed by atoms with Crippen LogP contribution in [0.2, 0.25) is 0 Å². The Morgan fingerprint density at radius 3 is 2.31 bits per heavy atom. The van der Waals surface area contributed by atoms with E-state index in [0.717, 1.165) is 12.2 Å². The third kappa shape index (κ3) is 2.99. The molecule has 0 spiro atoms. The molecule has 0 unspecified atom stereocenters. The Hall–Kier alpha value is -1.51. The molecule has 0 aliphatic heterocycles. The highest BCUT2D eigenvalue weighted by atomic mass is 16.4. The van der Waals surface area contributed by atoms with E-state index in [1.807, 2.05) is 51.1 Å². The molecule has 1 rings (SSSR count). The van der Waals surface area contributed by atoms with Gasteiger partial charge in [0.05, 0.1) is 6.42 Å². The van der Waals surface area contributed by atoms with Gasteiger partial charge in [-0.25, -0.2) is 0 Å². The standard InChI is InChI=1S/C13H19NO2/c1-4-14(11-8-6-5-7-9-11)13(2,3)10-12(15)16/h5-9H,4,10H2,1-3H3,(H,15,16). The molecule has 0 saturated heterocycles. The number of aliphatic carboxylic acids is 1. The van der Waals surface area contributed by atoms with Crippen LogP contribution in [-0.2, 0) is 4.79 Å². The van der Waals surface area contributed by atoms with Crippen molar-refractivity contribution in [2.24, 2.45) is 0 Å². The molecule has 0 aromatic heterocycles. The fourth-order valence-electron chi connectivity index (χ4n) is 2.03. The second-order valence-electron chi connectivity index (χ2n) is 4.46. The average Bonchev–Trinajstić information content (AvgIpc) is 2.17. The third-order valence-electron chi connectivity index (χ3n) is 2.70. The SMILES string of the molecule is CCN(c1ccccc1)C(C)(C)CC(=O)O.